The quantitative estimate of drug-likeness (QED) is 0.811. The van der Waals surface area contributed by atoms with E-state index in [9.17, 15) is 10.2 Å². The lowest BCUT2D eigenvalue weighted by atomic mass is 9.97. The lowest BCUT2D eigenvalue weighted by molar-refractivity contribution is 0.145. The Hall–Kier alpha value is -1.36. The van der Waals surface area contributed by atoms with Crippen LogP contribution in [-0.4, -0.2) is 16.3 Å². The van der Waals surface area contributed by atoms with E-state index in [0.29, 0.717) is 10.9 Å². The second kappa shape index (κ2) is 6.19. The zero-order valence-corrected chi connectivity index (χ0v) is 11.9. The van der Waals surface area contributed by atoms with E-state index in [-0.39, 0.29) is 5.75 Å². The van der Waals surface area contributed by atoms with E-state index >= 15 is 0 Å². The Morgan fingerprint density at radius 3 is 2.42 bits per heavy atom. The van der Waals surface area contributed by atoms with Gasteiger partial charge < -0.3 is 15.9 Å². The standard InChI is InChI=1S/C15H16BrNO2/c16-12-9-11(6-7-13(12)18)15(17)14(19)8-10-4-2-1-3-5-10/h1-7,9,14-15,18-19H,8,17H2/t14-,15+/m1/s1. The summed E-state index contributed by atoms with van der Waals surface area (Å²) in [5, 5.41) is 19.6. The van der Waals surface area contributed by atoms with E-state index in [1.807, 2.05) is 30.3 Å². The maximum absolute atomic E-state index is 10.2. The van der Waals surface area contributed by atoms with Crippen LogP contribution in [0, 0.1) is 0 Å². The van der Waals surface area contributed by atoms with Gasteiger partial charge in [0.25, 0.3) is 0 Å². The van der Waals surface area contributed by atoms with Gasteiger partial charge in [-0.3, -0.25) is 0 Å². The highest BCUT2D eigenvalue weighted by Gasteiger charge is 2.18. The fourth-order valence-electron chi connectivity index (χ4n) is 1.94. The number of halogens is 1. The zero-order valence-electron chi connectivity index (χ0n) is 10.3. The molecule has 4 N–H and O–H groups in total. The molecule has 100 valence electrons. The van der Waals surface area contributed by atoms with Gasteiger partial charge in [-0.15, -0.1) is 0 Å². The Kier molecular flexibility index (Phi) is 4.58. The van der Waals surface area contributed by atoms with Crippen molar-refractivity contribution in [3.63, 3.8) is 0 Å². The number of aromatic hydroxyl groups is 1. The summed E-state index contributed by atoms with van der Waals surface area (Å²) in [4.78, 5) is 0. The van der Waals surface area contributed by atoms with Crippen LogP contribution in [0.2, 0.25) is 0 Å². The molecule has 0 aromatic heterocycles. The number of rotatable bonds is 4. The smallest absolute Gasteiger partial charge is 0.129 e. The summed E-state index contributed by atoms with van der Waals surface area (Å²) in [7, 11) is 0. The predicted octanol–water partition coefficient (Wildman–Crippen LogP) is 2.76. The van der Waals surface area contributed by atoms with Crippen molar-refractivity contribution in [1.29, 1.82) is 0 Å². The van der Waals surface area contributed by atoms with Crippen molar-refractivity contribution < 1.29 is 10.2 Å². The minimum Gasteiger partial charge on any atom is -0.507 e. The van der Waals surface area contributed by atoms with Crippen molar-refractivity contribution in [1.82, 2.24) is 0 Å². The van der Waals surface area contributed by atoms with Gasteiger partial charge in [0.15, 0.2) is 0 Å². The van der Waals surface area contributed by atoms with Crippen LogP contribution in [0.1, 0.15) is 17.2 Å². The first kappa shape index (κ1) is 14.1. The van der Waals surface area contributed by atoms with E-state index < -0.39 is 12.1 Å². The Morgan fingerprint density at radius 1 is 1.11 bits per heavy atom. The SMILES string of the molecule is N[C@@H](c1ccc(O)c(Br)c1)[C@H](O)Cc1ccccc1. The predicted molar refractivity (Wildman–Crippen MR) is 78.9 cm³/mol. The molecule has 0 radical (unpaired) electrons. The van der Waals surface area contributed by atoms with Crippen molar-refractivity contribution in [2.75, 3.05) is 0 Å². The van der Waals surface area contributed by atoms with Crippen molar-refractivity contribution in [3.05, 3.63) is 64.1 Å². The molecular weight excluding hydrogens is 306 g/mol. The summed E-state index contributed by atoms with van der Waals surface area (Å²) in [6, 6.07) is 14.3. The van der Waals surface area contributed by atoms with Gasteiger partial charge in [0.2, 0.25) is 0 Å². The van der Waals surface area contributed by atoms with Crippen LogP contribution in [0.5, 0.6) is 5.75 Å². The highest BCUT2D eigenvalue weighted by molar-refractivity contribution is 9.10. The minimum atomic E-state index is -0.668. The molecule has 2 aromatic carbocycles. The van der Waals surface area contributed by atoms with E-state index in [1.54, 1.807) is 18.2 Å². The average molecular weight is 322 g/mol. The Bertz CT molecular complexity index is 545. The van der Waals surface area contributed by atoms with Crippen LogP contribution in [0.15, 0.2) is 53.0 Å². The number of hydrogen-bond acceptors (Lipinski definition) is 3. The van der Waals surface area contributed by atoms with Gasteiger partial charge in [-0.2, -0.15) is 0 Å². The molecule has 0 aliphatic heterocycles. The summed E-state index contributed by atoms with van der Waals surface area (Å²) in [5.41, 5.74) is 7.88. The molecule has 0 saturated carbocycles. The summed E-state index contributed by atoms with van der Waals surface area (Å²) < 4.78 is 0.576. The third-order valence-corrected chi connectivity index (χ3v) is 3.69. The lowest BCUT2D eigenvalue weighted by Crippen LogP contribution is -2.28. The number of aliphatic hydroxyl groups is 1. The Morgan fingerprint density at radius 2 is 1.79 bits per heavy atom. The van der Waals surface area contributed by atoms with E-state index in [0.717, 1.165) is 11.1 Å². The molecule has 0 spiro atoms. The molecule has 0 heterocycles. The van der Waals surface area contributed by atoms with Gasteiger partial charge in [-0.1, -0.05) is 36.4 Å². The van der Waals surface area contributed by atoms with Crippen LogP contribution in [0.4, 0.5) is 0 Å². The molecule has 0 bridgehead atoms. The molecule has 2 aromatic rings. The normalized spacial score (nSPS) is 14.1. The third kappa shape index (κ3) is 3.56. The van der Waals surface area contributed by atoms with Crippen LogP contribution in [0.25, 0.3) is 0 Å². The van der Waals surface area contributed by atoms with Crippen LogP contribution in [-0.2, 0) is 6.42 Å². The van der Waals surface area contributed by atoms with Crippen LogP contribution >= 0.6 is 15.9 Å². The van der Waals surface area contributed by atoms with Gasteiger partial charge in [0, 0.05) is 6.42 Å². The molecule has 19 heavy (non-hydrogen) atoms. The maximum atomic E-state index is 10.2. The molecule has 0 aliphatic rings. The lowest BCUT2D eigenvalue weighted by Gasteiger charge is -2.19. The molecule has 2 atom stereocenters. The van der Waals surface area contributed by atoms with E-state index in [1.165, 1.54) is 0 Å². The molecule has 0 saturated heterocycles. The summed E-state index contributed by atoms with van der Waals surface area (Å²) in [6.45, 7) is 0. The molecular formula is C15H16BrNO2. The Labute approximate surface area is 120 Å². The van der Waals surface area contributed by atoms with Gasteiger partial charge in [-0.05, 0) is 39.2 Å². The number of phenolic OH excluding ortho intramolecular Hbond substituents is 1. The molecule has 0 unspecified atom stereocenters. The third-order valence-electron chi connectivity index (χ3n) is 3.06. The van der Waals surface area contributed by atoms with Gasteiger partial charge in [0.1, 0.15) is 5.75 Å². The number of benzene rings is 2. The fourth-order valence-corrected chi connectivity index (χ4v) is 2.33. The van der Waals surface area contributed by atoms with E-state index in [4.69, 9.17) is 5.73 Å². The maximum Gasteiger partial charge on any atom is 0.129 e. The van der Waals surface area contributed by atoms with Gasteiger partial charge in [-0.25, -0.2) is 0 Å². The van der Waals surface area contributed by atoms with Crippen LogP contribution < -0.4 is 5.73 Å². The molecule has 4 heteroatoms. The molecule has 0 fully saturated rings. The topological polar surface area (TPSA) is 66.5 Å². The highest BCUT2D eigenvalue weighted by Crippen LogP contribution is 2.28. The van der Waals surface area contributed by atoms with Crippen molar-refractivity contribution in [2.24, 2.45) is 5.73 Å². The van der Waals surface area contributed by atoms with Crippen molar-refractivity contribution >= 4 is 15.9 Å². The first-order valence-electron chi connectivity index (χ1n) is 6.04. The summed E-state index contributed by atoms with van der Waals surface area (Å²) >= 11 is 3.24. The van der Waals surface area contributed by atoms with E-state index in [2.05, 4.69) is 15.9 Å². The highest BCUT2D eigenvalue weighted by atomic mass is 79.9. The van der Waals surface area contributed by atoms with Crippen molar-refractivity contribution in [2.45, 2.75) is 18.6 Å². The second-order valence-corrected chi connectivity index (χ2v) is 5.35. The van der Waals surface area contributed by atoms with Crippen molar-refractivity contribution in [3.8, 4) is 5.75 Å². The average Bonchev–Trinajstić information content (AvgIpc) is 2.42. The Balaban J connectivity index is 2.10. The fraction of sp³-hybridized carbons (Fsp3) is 0.200. The number of hydrogen-bond donors (Lipinski definition) is 3. The van der Waals surface area contributed by atoms with Gasteiger partial charge >= 0.3 is 0 Å². The first-order valence-corrected chi connectivity index (χ1v) is 6.83. The van der Waals surface area contributed by atoms with Gasteiger partial charge in [0.05, 0.1) is 16.6 Å². The summed E-state index contributed by atoms with van der Waals surface area (Å²) in [5.74, 6) is 0.161. The molecule has 0 aliphatic carbocycles. The number of aliphatic hydroxyl groups excluding tert-OH is 1. The largest absolute Gasteiger partial charge is 0.507 e. The molecule has 3 nitrogen and oxygen atoms in total. The number of phenols is 1. The zero-order chi connectivity index (χ0) is 13.8. The first-order chi connectivity index (χ1) is 9.08. The molecule has 2 rings (SSSR count). The summed E-state index contributed by atoms with van der Waals surface area (Å²) in [6.07, 6.45) is -0.167. The molecule has 0 amide bonds. The monoisotopic (exact) mass is 321 g/mol. The minimum absolute atomic E-state index is 0.161. The number of nitrogens with two attached hydrogens (primary N) is 1. The van der Waals surface area contributed by atoms with Crippen LogP contribution in [0.3, 0.4) is 0 Å². The second-order valence-electron chi connectivity index (χ2n) is 4.49.